The number of nitrogens with one attached hydrogen (secondary N) is 1. The quantitative estimate of drug-likeness (QED) is 0.739. The van der Waals surface area contributed by atoms with Gasteiger partial charge in [-0.15, -0.1) is 5.10 Å². The Morgan fingerprint density at radius 2 is 2.13 bits per heavy atom. The van der Waals surface area contributed by atoms with Crippen LogP contribution in [0.2, 0.25) is 0 Å². The van der Waals surface area contributed by atoms with Gasteiger partial charge in [-0.1, -0.05) is 19.1 Å². The van der Waals surface area contributed by atoms with Crippen LogP contribution in [0.25, 0.3) is 5.78 Å². The van der Waals surface area contributed by atoms with Crippen LogP contribution < -0.4 is 10.1 Å². The van der Waals surface area contributed by atoms with E-state index in [-0.39, 0.29) is 11.9 Å². The standard InChI is InChI=1S/C15H16N6O2/c1-2-7-17-13(22)8-11-3-5-12(6-4-11)23-15-19-14-18-9-16-10-21(14)20-15/h3-6,9-10H,2,7-8H2,1H3,(H,17,22). The van der Waals surface area contributed by atoms with E-state index < -0.39 is 0 Å². The van der Waals surface area contributed by atoms with Gasteiger partial charge in [0, 0.05) is 6.54 Å². The van der Waals surface area contributed by atoms with Crippen molar-refractivity contribution in [2.45, 2.75) is 19.8 Å². The first-order valence-electron chi connectivity index (χ1n) is 7.30. The lowest BCUT2D eigenvalue weighted by Crippen LogP contribution is -2.25. The molecule has 0 saturated heterocycles. The average molecular weight is 312 g/mol. The van der Waals surface area contributed by atoms with Crippen LogP contribution in [0.4, 0.5) is 0 Å². The molecule has 0 fully saturated rings. The smallest absolute Gasteiger partial charge is 0.343 e. The van der Waals surface area contributed by atoms with Gasteiger partial charge in [-0.2, -0.15) is 14.5 Å². The lowest BCUT2D eigenvalue weighted by atomic mass is 10.1. The molecule has 0 unspecified atom stereocenters. The fourth-order valence-corrected chi connectivity index (χ4v) is 1.98. The predicted molar refractivity (Wildman–Crippen MR) is 82.1 cm³/mol. The van der Waals surface area contributed by atoms with Gasteiger partial charge in [0.2, 0.25) is 5.91 Å². The molecule has 0 radical (unpaired) electrons. The number of hydrogen-bond donors (Lipinski definition) is 1. The van der Waals surface area contributed by atoms with Crippen molar-refractivity contribution in [3.8, 4) is 11.8 Å². The summed E-state index contributed by atoms with van der Waals surface area (Å²) >= 11 is 0. The summed E-state index contributed by atoms with van der Waals surface area (Å²) in [7, 11) is 0. The highest BCUT2D eigenvalue weighted by molar-refractivity contribution is 5.78. The van der Waals surface area contributed by atoms with E-state index in [1.807, 2.05) is 19.1 Å². The van der Waals surface area contributed by atoms with Crippen molar-refractivity contribution < 1.29 is 9.53 Å². The number of fused-ring (bicyclic) bond motifs is 1. The van der Waals surface area contributed by atoms with Crippen molar-refractivity contribution >= 4 is 11.7 Å². The Bertz CT molecular complexity index is 766. The van der Waals surface area contributed by atoms with E-state index in [1.54, 1.807) is 12.1 Å². The zero-order valence-electron chi connectivity index (χ0n) is 12.6. The van der Waals surface area contributed by atoms with E-state index in [9.17, 15) is 4.79 Å². The maximum absolute atomic E-state index is 11.7. The minimum atomic E-state index is 0.0149. The van der Waals surface area contributed by atoms with E-state index in [0.717, 1.165) is 12.0 Å². The predicted octanol–water partition coefficient (Wildman–Crippen LogP) is 1.38. The Labute approximate surface area is 132 Å². The van der Waals surface area contributed by atoms with Crippen molar-refractivity contribution in [1.29, 1.82) is 0 Å². The topological polar surface area (TPSA) is 94.3 Å². The van der Waals surface area contributed by atoms with E-state index >= 15 is 0 Å². The molecule has 0 aliphatic carbocycles. The molecule has 118 valence electrons. The van der Waals surface area contributed by atoms with Crippen LogP contribution in [-0.4, -0.2) is 37.0 Å². The molecule has 1 amide bonds. The van der Waals surface area contributed by atoms with Gasteiger partial charge in [-0.05, 0) is 24.1 Å². The lowest BCUT2D eigenvalue weighted by Gasteiger charge is -2.05. The number of ether oxygens (including phenoxy) is 1. The number of hydrogen-bond acceptors (Lipinski definition) is 6. The van der Waals surface area contributed by atoms with Gasteiger partial charge in [0.1, 0.15) is 18.4 Å². The highest BCUT2D eigenvalue weighted by atomic mass is 16.5. The molecule has 3 rings (SSSR count). The zero-order valence-corrected chi connectivity index (χ0v) is 12.6. The molecule has 1 aromatic carbocycles. The Morgan fingerprint density at radius 1 is 1.30 bits per heavy atom. The van der Waals surface area contributed by atoms with E-state index in [1.165, 1.54) is 17.2 Å². The summed E-state index contributed by atoms with van der Waals surface area (Å²) in [6, 6.07) is 7.44. The Morgan fingerprint density at radius 3 is 2.87 bits per heavy atom. The van der Waals surface area contributed by atoms with Crippen molar-refractivity contribution in [3.63, 3.8) is 0 Å². The number of rotatable bonds is 6. The normalized spacial score (nSPS) is 10.7. The molecule has 0 atom stereocenters. The van der Waals surface area contributed by atoms with Crippen molar-refractivity contribution in [2.24, 2.45) is 0 Å². The molecule has 2 heterocycles. The SMILES string of the molecule is CCCNC(=O)Cc1ccc(Oc2nc3ncncn3n2)cc1. The molecule has 0 spiro atoms. The molecule has 0 aliphatic heterocycles. The van der Waals surface area contributed by atoms with Gasteiger partial charge in [-0.3, -0.25) is 4.79 Å². The Balaban J connectivity index is 1.64. The minimum absolute atomic E-state index is 0.0149. The zero-order chi connectivity index (χ0) is 16.1. The van der Waals surface area contributed by atoms with Crippen LogP contribution in [0.1, 0.15) is 18.9 Å². The monoisotopic (exact) mass is 312 g/mol. The number of carbonyl (C=O) groups is 1. The first-order chi connectivity index (χ1) is 11.2. The Kier molecular flexibility index (Phi) is 4.41. The van der Waals surface area contributed by atoms with Crippen LogP contribution in [0, 0.1) is 0 Å². The second-order valence-corrected chi connectivity index (χ2v) is 4.92. The van der Waals surface area contributed by atoms with Crippen LogP contribution in [0.3, 0.4) is 0 Å². The van der Waals surface area contributed by atoms with Crippen molar-refractivity contribution in [1.82, 2.24) is 29.9 Å². The largest absolute Gasteiger partial charge is 0.423 e. The molecule has 8 heteroatoms. The third-order valence-corrected chi connectivity index (χ3v) is 3.08. The molecular weight excluding hydrogens is 296 g/mol. The summed E-state index contributed by atoms with van der Waals surface area (Å²) < 4.78 is 7.01. The van der Waals surface area contributed by atoms with E-state index in [4.69, 9.17) is 4.74 Å². The first-order valence-corrected chi connectivity index (χ1v) is 7.30. The van der Waals surface area contributed by atoms with Gasteiger partial charge in [-0.25, -0.2) is 4.98 Å². The van der Waals surface area contributed by atoms with Gasteiger partial charge in [0.15, 0.2) is 0 Å². The fourth-order valence-electron chi connectivity index (χ4n) is 1.98. The third-order valence-electron chi connectivity index (χ3n) is 3.08. The molecule has 8 nitrogen and oxygen atoms in total. The summed E-state index contributed by atoms with van der Waals surface area (Å²) in [6.45, 7) is 2.72. The summed E-state index contributed by atoms with van der Waals surface area (Å²) in [4.78, 5) is 23.6. The molecule has 0 bridgehead atoms. The van der Waals surface area contributed by atoms with Gasteiger partial charge in [0.25, 0.3) is 5.78 Å². The number of amides is 1. The summed E-state index contributed by atoms with van der Waals surface area (Å²) in [5, 5.41) is 6.95. The van der Waals surface area contributed by atoms with Crippen molar-refractivity contribution in [2.75, 3.05) is 6.54 Å². The summed E-state index contributed by atoms with van der Waals surface area (Å²) in [5.74, 6) is 1.02. The van der Waals surface area contributed by atoms with Crippen LogP contribution in [0.5, 0.6) is 11.8 Å². The molecule has 0 aliphatic rings. The highest BCUT2D eigenvalue weighted by Gasteiger charge is 2.07. The lowest BCUT2D eigenvalue weighted by molar-refractivity contribution is -0.120. The van der Waals surface area contributed by atoms with Crippen LogP contribution in [0.15, 0.2) is 36.9 Å². The minimum Gasteiger partial charge on any atom is -0.423 e. The number of aromatic nitrogens is 5. The van der Waals surface area contributed by atoms with Gasteiger partial charge in [0.05, 0.1) is 6.42 Å². The third kappa shape index (κ3) is 3.79. The molecule has 0 saturated carbocycles. The van der Waals surface area contributed by atoms with Crippen molar-refractivity contribution in [3.05, 3.63) is 42.5 Å². The van der Waals surface area contributed by atoms with Crippen LogP contribution in [-0.2, 0) is 11.2 Å². The van der Waals surface area contributed by atoms with Gasteiger partial charge < -0.3 is 10.1 Å². The summed E-state index contributed by atoms with van der Waals surface area (Å²) in [6.07, 6.45) is 4.17. The molecule has 3 aromatic rings. The maximum Gasteiger partial charge on any atom is 0.343 e. The number of nitrogens with zero attached hydrogens (tertiary/aromatic N) is 5. The molecular formula is C15H16N6O2. The van der Waals surface area contributed by atoms with E-state index in [0.29, 0.717) is 24.5 Å². The molecule has 1 N–H and O–H groups in total. The number of benzene rings is 1. The average Bonchev–Trinajstić information content (AvgIpc) is 2.97. The first kappa shape index (κ1) is 14.9. The Hall–Kier alpha value is -3.03. The van der Waals surface area contributed by atoms with Gasteiger partial charge >= 0.3 is 6.01 Å². The second kappa shape index (κ2) is 6.82. The van der Waals surface area contributed by atoms with Crippen LogP contribution >= 0.6 is 0 Å². The molecule has 2 aromatic heterocycles. The second-order valence-electron chi connectivity index (χ2n) is 4.92. The fraction of sp³-hybridized carbons (Fsp3) is 0.267. The number of carbonyl (C=O) groups excluding carboxylic acids is 1. The van der Waals surface area contributed by atoms with E-state index in [2.05, 4.69) is 25.4 Å². The molecule has 23 heavy (non-hydrogen) atoms. The summed E-state index contributed by atoms with van der Waals surface area (Å²) in [5.41, 5.74) is 0.916. The maximum atomic E-state index is 11.7. The highest BCUT2D eigenvalue weighted by Crippen LogP contribution is 2.18.